The van der Waals surface area contributed by atoms with E-state index >= 15 is 0 Å². The van der Waals surface area contributed by atoms with Gasteiger partial charge in [0.1, 0.15) is 0 Å². The van der Waals surface area contributed by atoms with Crippen molar-refractivity contribution in [1.29, 1.82) is 0 Å². The van der Waals surface area contributed by atoms with Crippen LogP contribution in [0, 0.1) is 5.92 Å². The van der Waals surface area contributed by atoms with Gasteiger partial charge in [0.05, 0.1) is 5.92 Å². The maximum atomic E-state index is 10.7. The summed E-state index contributed by atoms with van der Waals surface area (Å²) in [5.74, 6) is -2.75. The van der Waals surface area contributed by atoms with E-state index in [4.69, 9.17) is 10.8 Å². The quantitative estimate of drug-likeness (QED) is 0.459. The van der Waals surface area contributed by atoms with E-state index in [1.807, 2.05) is 0 Å². The molecule has 12 heavy (non-hydrogen) atoms. The van der Waals surface area contributed by atoms with E-state index in [9.17, 15) is 9.59 Å². The number of carbonyl (C=O) groups is 2. The highest BCUT2D eigenvalue weighted by molar-refractivity contribution is 5.94. The molecule has 66 valence electrons. The first-order chi connectivity index (χ1) is 5.50. The summed E-state index contributed by atoms with van der Waals surface area (Å²) in [6.45, 7) is 6.63. The molecule has 0 fully saturated rings. The van der Waals surface area contributed by atoms with Crippen molar-refractivity contribution in [2.75, 3.05) is 0 Å². The Morgan fingerprint density at radius 1 is 1.58 bits per heavy atom. The van der Waals surface area contributed by atoms with Crippen molar-refractivity contribution in [3.05, 3.63) is 24.8 Å². The molecule has 1 amide bonds. The zero-order chi connectivity index (χ0) is 9.72. The van der Waals surface area contributed by atoms with Crippen molar-refractivity contribution in [1.82, 2.24) is 0 Å². The van der Waals surface area contributed by atoms with Gasteiger partial charge in [-0.3, -0.25) is 4.79 Å². The molecule has 1 atom stereocenters. The topological polar surface area (TPSA) is 80.4 Å². The molecule has 0 heterocycles. The lowest BCUT2D eigenvalue weighted by atomic mass is 9.96. The average molecular weight is 169 g/mol. The van der Waals surface area contributed by atoms with E-state index in [0.29, 0.717) is 0 Å². The number of carboxylic acid groups (broad SMARTS) is 1. The van der Waals surface area contributed by atoms with Crippen LogP contribution < -0.4 is 5.73 Å². The van der Waals surface area contributed by atoms with Crippen LogP contribution >= 0.6 is 0 Å². The number of carboxylic acids is 1. The number of rotatable bonds is 5. The molecule has 4 nitrogen and oxygen atoms in total. The van der Waals surface area contributed by atoms with Crippen molar-refractivity contribution < 1.29 is 14.7 Å². The maximum Gasteiger partial charge on any atom is 0.331 e. The molecule has 3 N–H and O–H groups in total. The number of hydrogen-bond acceptors (Lipinski definition) is 2. The summed E-state index contributed by atoms with van der Waals surface area (Å²) in [5.41, 5.74) is 4.76. The van der Waals surface area contributed by atoms with Crippen LogP contribution in [0.2, 0.25) is 0 Å². The predicted octanol–water partition coefficient (Wildman–Crippen LogP) is 0.305. The highest BCUT2D eigenvalue weighted by atomic mass is 16.4. The number of nitrogens with two attached hydrogens (primary N) is 1. The van der Waals surface area contributed by atoms with Gasteiger partial charge in [0, 0.05) is 5.57 Å². The fourth-order valence-corrected chi connectivity index (χ4v) is 0.746. The van der Waals surface area contributed by atoms with E-state index in [0.717, 1.165) is 0 Å². The molecule has 0 aliphatic carbocycles. The van der Waals surface area contributed by atoms with Crippen molar-refractivity contribution in [2.24, 2.45) is 11.7 Å². The third-order valence-corrected chi connectivity index (χ3v) is 1.44. The number of primary amides is 1. The molecule has 0 spiro atoms. The van der Waals surface area contributed by atoms with Crippen LogP contribution in [0.5, 0.6) is 0 Å². The lowest BCUT2D eigenvalue weighted by molar-refractivity contribution is -0.135. The van der Waals surface area contributed by atoms with Gasteiger partial charge >= 0.3 is 5.97 Å². The van der Waals surface area contributed by atoms with Gasteiger partial charge in [-0.15, -0.1) is 6.58 Å². The second kappa shape index (κ2) is 4.33. The maximum absolute atomic E-state index is 10.7. The number of allylic oxidation sites excluding steroid dienone is 1. The van der Waals surface area contributed by atoms with Gasteiger partial charge in [0.25, 0.3) is 0 Å². The SMILES string of the molecule is C=CCC(C(=C)C(=O)O)C(N)=O. The molecule has 4 heteroatoms. The third-order valence-electron chi connectivity index (χ3n) is 1.44. The number of hydrogen-bond donors (Lipinski definition) is 2. The smallest absolute Gasteiger partial charge is 0.331 e. The molecule has 0 radical (unpaired) electrons. The molecular formula is C8H11NO3. The molecule has 1 unspecified atom stereocenters. The van der Waals surface area contributed by atoms with E-state index in [-0.39, 0.29) is 12.0 Å². The average Bonchev–Trinajstić information content (AvgIpc) is 1.98. The van der Waals surface area contributed by atoms with Crippen molar-refractivity contribution in [2.45, 2.75) is 6.42 Å². The van der Waals surface area contributed by atoms with Gasteiger partial charge in [0.2, 0.25) is 5.91 Å². The summed E-state index contributed by atoms with van der Waals surface area (Å²) in [5, 5.41) is 8.49. The molecule has 0 saturated heterocycles. The van der Waals surface area contributed by atoms with Gasteiger partial charge in [-0.1, -0.05) is 12.7 Å². The van der Waals surface area contributed by atoms with Crippen molar-refractivity contribution in [3.63, 3.8) is 0 Å². The Labute approximate surface area is 70.4 Å². The molecule has 0 aliphatic heterocycles. The minimum atomic E-state index is -1.21. The Balaban J connectivity index is 4.50. The Kier molecular flexibility index (Phi) is 3.76. The Bertz CT molecular complexity index is 232. The third kappa shape index (κ3) is 2.57. The van der Waals surface area contributed by atoms with Crippen LogP contribution in [0.25, 0.3) is 0 Å². The van der Waals surface area contributed by atoms with Gasteiger partial charge in [-0.05, 0) is 6.42 Å². The van der Waals surface area contributed by atoms with Crippen LogP contribution in [0.1, 0.15) is 6.42 Å². The zero-order valence-electron chi connectivity index (χ0n) is 6.62. The molecule has 0 bridgehead atoms. The molecule has 0 aromatic rings. The molecule has 0 aromatic carbocycles. The highest BCUT2D eigenvalue weighted by Gasteiger charge is 2.21. The lowest BCUT2D eigenvalue weighted by Gasteiger charge is -2.09. The molecule has 0 saturated carbocycles. The molecular weight excluding hydrogens is 158 g/mol. The Morgan fingerprint density at radius 3 is 2.33 bits per heavy atom. The first-order valence-electron chi connectivity index (χ1n) is 3.33. The van der Waals surface area contributed by atoms with Crippen LogP contribution in [-0.4, -0.2) is 17.0 Å². The second-order valence-electron chi connectivity index (χ2n) is 2.31. The van der Waals surface area contributed by atoms with E-state index in [1.165, 1.54) is 6.08 Å². The summed E-state index contributed by atoms with van der Waals surface area (Å²) < 4.78 is 0. The summed E-state index contributed by atoms with van der Waals surface area (Å²) in [4.78, 5) is 21.1. The van der Waals surface area contributed by atoms with Crippen LogP contribution in [0.4, 0.5) is 0 Å². The van der Waals surface area contributed by atoms with Gasteiger partial charge < -0.3 is 10.8 Å². The Morgan fingerprint density at radius 2 is 2.08 bits per heavy atom. The van der Waals surface area contributed by atoms with Gasteiger partial charge in [-0.25, -0.2) is 4.79 Å². The largest absolute Gasteiger partial charge is 0.478 e. The fraction of sp³-hybridized carbons (Fsp3) is 0.250. The summed E-state index contributed by atoms with van der Waals surface area (Å²) in [6, 6.07) is 0. The number of amides is 1. The summed E-state index contributed by atoms with van der Waals surface area (Å²) in [7, 11) is 0. The normalized spacial score (nSPS) is 11.7. The van der Waals surface area contributed by atoms with E-state index in [1.54, 1.807) is 0 Å². The van der Waals surface area contributed by atoms with Crippen molar-refractivity contribution >= 4 is 11.9 Å². The summed E-state index contributed by atoms with van der Waals surface area (Å²) in [6.07, 6.45) is 1.64. The molecule has 0 aromatic heterocycles. The van der Waals surface area contributed by atoms with Crippen LogP contribution in [0.3, 0.4) is 0 Å². The minimum absolute atomic E-state index is 0.192. The second-order valence-corrected chi connectivity index (χ2v) is 2.31. The summed E-state index contributed by atoms with van der Waals surface area (Å²) >= 11 is 0. The fourth-order valence-electron chi connectivity index (χ4n) is 0.746. The van der Waals surface area contributed by atoms with Crippen LogP contribution in [0.15, 0.2) is 24.8 Å². The predicted molar refractivity (Wildman–Crippen MR) is 44.3 cm³/mol. The number of carbonyl (C=O) groups excluding carboxylic acids is 1. The Hall–Kier alpha value is -1.58. The first kappa shape index (κ1) is 10.4. The highest BCUT2D eigenvalue weighted by Crippen LogP contribution is 2.13. The standard InChI is InChI=1S/C8H11NO3/c1-3-4-6(7(9)10)5(2)8(11)12/h3,6H,1-2,4H2,(H2,9,10)(H,11,12). The van der Waals surface area contributed by atoms with E-state index in [2.05, 4.69) is 13.2 Å². The molecule has 0 rings (SSSR count). The van der Waals surface area contributed by atoms with E-state index < -0.39 is 17.8 Å². The first-order valence-corrected chi connectivity index (χ1v) is 3.33. The number of aliphatic carboxylic acids is 1. The minimum Gasteiger partial charge on any atom is -0.478 e. The lowest BCUT2D eigenvalue weighted by Crippen LogP contribution is -2.27. The monoisotopic (exact) mass is 169 g/mol. The van der Waals surface area contributed by atoms with Gasteiger partial charge in [-0.2, -0.15) is 0 Å². The van der Waals surface area contributed by atoms with Gasteiger partial charge in [0.15, 0.2) is 0 Å². The molecule has 0 aliphatic rings. The van der Waals surface area contributed by atoms with Crippen LogP contribution in [-0.2, 0) is 9.59 Å². The zero-order valence-corrected chi connectivity index (χ0v) is 6.62. The van der Waals surface area contributed by atoms with Crippen molar-refractivity contribution in [3.8, 4) is 0 Å².